The predicted octanol–water partition coefficient (Wildman–Crippen LogP) is 3.24. The molecule has 2 N–H and O–H groups in total. The monoisotopic (exact) mass is 327 g/mol. The number of anilines is 1. The van der Waals surface area contributed by atoms with E-state index in [4.69, 9.17) is 9.84 Å². The minimum absolute atomic E-state index is 0.139. The molecular weight excluding hydrogens is 314 g/mol. The van der Waals surface area contributed by atoms with Crippen LogP contribution in [0.1, 0.15) is 5.56 Å². The van der Waals surface area contributed by atoms with E-state index in [1.165, 1.54) is 11.8 Å². The molecule has 0 bridgehead atoms. The van der Waals surface area contributed by atoms with E-state index >= 15 is 0 Å². The molecule has 0 aliphatic carbocycles. The average Bonchev–Trinajstić information content (AvgIpc) is 2.55. The molecule has 1 aliphatic heterocycles. The molecule has 2 aromatic carbocycles. The molecule has 0 radical (unpaired) electrons. The van der Waals surface area contributed by atoms with E-state index in [1.807, 2.05) is 24.3 Å². The van der Waals surface area contributed by atoms with E-state index in [2.05, 4.69) is 5.32 Å². The zero-order chi connectivity index (χ0) is 16.2. The van der Waals surface area contributed by atoms with Crippen molar-refractivity contribution in [3.63, 3.8) is 0 Å². The minimum Gasteiger partial charge on any atom is -0.482 e. The number of para-hydroxylation sites is 1. The third-order valence-electron chi connectivity index (χ3n) is 3.12. The van der Waals surface area contributed by atoms with Gasteiger partial charge in [-0.25, -0.2) is 4.79 Å². The molecule has 0 saturated carbocycles. The molecule has 3 rings (SSSR count). The van der Waals surface area contributed by atoms with Crippen LogP contribution in [0.3, 0.4) is 0 Å². The number of fused-ring (bicyclic) bond motifs is 1. The van der Waals surface area contributed by atoms with Crippen LogP contribution in [0.4, 0.5) is 5.69 Å². The number of rotatable bonds is 4. The lowest BCUT2D eigenvalue weighted by Crippen LogP contribution is -2.17. The van der Waals surface area contributed by atoms with Gasteiger partial charge in [-0.15, -0.1) is 0 Å². The predicted molar refractivity (Wildman–Crippen MR) is 88.5 cm³/mol. The van der Waals surface area contributed by atoms with Crippen molar-refractivity contribution in [2.24, 2.45) is 0 Å². The van der Waals surface area contributed by atoms with Crippen molar-refractivity contribution in [1.82, 2.24) is 0 Å². The van der Waals surface area contributed by atoms with Crippen LogP contribution in [0, 0.1) is 0 Å². The molecule has 116 valence electrons. The van der Waals surface area contributed by atoms with Crippen molar-refractivity contribution >= 4 is 35.4 Å². The van der Waals surface area contributed by atoms with Gasteiger partial charge in [0, 0.05) is 4.90 Å². The Morgan fingerprint density at radius 1 is 1.17 bits per heavy atom. The summed E-state index contributed by atoms with van der Waals surface area (Å²) >= 11 is 1.42. The third kappa shape index (κ3) is 3.73. The Morgan fingerprint density at radius 2 is 1.91 bits per heavy atom. The number of aliphatic carboxylic acids is 1. The van der Waals surface area contributed by atoms with Crippen molar-refractivity contribution in [1.29, 1.82) is 0 Å². The van der Waals surface area contributed by atoms with E-state index in [0.717, 1.165) is 16.1 Å². The maximum atomic E-state index is 12.1. The van der Waals surface area contributed by atoms with Gasteiger partial charge in [0.2, 0.25) is 0 Å². The molecule has 1 heterocycles. The molecule has 1 amide bonds. The summed E-state index contributed by atoms with van der Waals surface area (Å²) in [5.41, 5.74) is 1.65. The highest BCUT2D eigenvalue weighted by molar-refractivity contribution is 8.04. The van der Waals surface area contributed by atoms with E-state index in [-0.39, 0.29) is 12.5 Å². The molecule has 0 spiro atoms. The molecule has 0 saturated heterocycles. The number of carbonyl (C=O) groups is 2. The summed E-state index contributed by atoms with van der Waals surface area (Å²) in [6.45, 7) is -0.379. The summed E-state index contributed by atoms with van der Waals surface area (Å²) in [7, 11) is 0. The average molecular weight is 327 g/mol. The van der Waals surface area contributed by atoms with Crippen LogP contribution in [-0.4, -0.2) is 23.6 Å². The first kappa shape index (κ1) is 15.2. The molecular formula is C17H13NO4S. The van der Waals surface area contributed by atoms with E-state index < -0.39 is 5.97 Å². The number of ether oxygens (including phenoxy) is 1. The number of thioether (sulfide) groups is 1. The van der Waals surface area contributed by atoms with Gasteiger partial charge in [-0.1, -0.05) is 36.0 Å². The second kappa shape index (κ2) is 6.58. The number of hydrogen-bond acceptors (Lipinski definition) is 4. The van der Waals surface area contributed by atoms with E-state index in [9.17, 15) is 9.59 Å². The quantitative estimate of drug-likeness (QED) is 0.843. The molecule has 6 heteroatoms. The van der Waals surface area contributed by atoms with Crippen LogP contribution in [0.15, 0.2) is 58.3 Å². The Labute approximate surface area is 137 Å². The molecule has 0 unspecified atom stereocenters. The number of carbonyl (C=O) groups excluding carboxylic acids is 1. The lowest BCUT2D eigenvalue weighted by Gasteiger charge is -2.18. The number of carboxylic acid groups (broad SMARTS) is 1. The number of hydrogen-bond donors (Lipinski definition) is 2. The molecule has 1 aliphatic rings. The molecule has 5 nitrogen and oxygen atoms in total. The largest absolute Gasteiger partial charge is 0.482 e. The smallest absolute Gasteiger partial charge is 0.341 e. The van der Waals surface area contributed by atoms with Gasteiger partial charge in [-0.2, -0.15) is 0 Å². The SMILES string of the molecule is O=C(O)COc1ccc(/C=C2\Sc3ccccc3NC2=O)cc1. The van der Waals surface area contributed by atoms with Gasteiger partial charge in [-0.3, -0.25) is 4.79 Å². The van der Waals surface area contributed by atoms with Gasteiger partial charge in [-0.05, 0) is 35.9 Å². The third-order valence-corrected chi connectivity index (χ3v) is 4.22. The van der Waals surface area contributed by atoms with Crippen molar-refractivity contribution in [2.75, 3.05) is 11.9 Å². The van der Waals surface area contributed by atoms with Gasteiger partial charge in [0.05, 0.1) is 10.6 Å². The van der Waals surface area contributed by atoms with Crippen LogP contribution in [-0.2, 0) is 9.59 Å². The summed E-state index contributed by atoms with van der Waals surface area (Å²) in [6.07, 6.45) is 1.79. The number of nitrogens with one attached hydrogen (secondary N) is 1. The molecule has 0 fully saturated rings. The Hall–Kier alpha value is -2.73. The maximum Gasteiger partial charge on any atom is 0.341 e. The number of amides is 1. The first-order valence-electron chi connectivity index (χ1n) is 6.86. The molecule has 2 aromatic rings. The zero-order valence-corrected chi connectivity index (χ0v) is 12.8. The molecule has 0 aromatic heterocycles. The van der Waals surface area contributed by atoms with Crippen molar-refractivity contribution in [3.05, 3.63) is 59.0 Å². The standard InChI is InChI=1S/C17H13NO4S/c19-16(20)10-22-12-7-5-11(6-8-12)9-15-17(21)18-13-3-1-2-4-14(13)23-15/h1-9H,10H2,(H,18,21)(H,19,20)/b15-9-. The number of benzene rings is 2. The fourth-order valence-electron chi connectivity index (χ4n) is 2.06. The summed E-state index contributed by atoms with van der Waals surface area (Å²) in [5, 5.41) is 11.4. The first-order valence-corrected chi connectivity index (χ1v) is 7.68. The molecule has 23 heavy (non-hydrogen) atoms. The van der Waals surface area contributed by atoms with Gasteiger partial charge >= 0.3 is 5.97 Å². The summed E-state index contributed by atoms with van der Waals surface area (Å²) < 4.78 is 5.08. The van der Waals surface area contributed by atoms with Crippen LogP contribution in [0.5, 0.6) is 5.75 Å². The topological polar surface area (TPSA) is 75.6 Å². The van der Waals surface area contributed by atoms with E-state index in [1.54, 1.807) is 30.3 Å². The Morgan fingerprint density at radius 3 is 2.65 bits per heavy atom. The molecule has 0 atom stereocenters. The second-order valence-corrected chi connectivity index (χ2v) is 5.90. The van der Waals surface area contributed by atoms with Gasteiger partial charge in [0.25, 0.3) is 5.91 Å². The summed E-state index contributed by atoms with van der Waals surface area (Å²) in [5.74, 6) is -0.689. The lowest BCUT2D eigenvalue weighted by molar-refractivity contribution is -0.139. The zero-order valence-electron chi connectivity index (χ0n) is 12.0. The number of carboxylic acids is 1. The van der Waals surface area contributed by atoms with E-state index in [0.29, 0.717) is 10.7 Å². The van der Waals surface area contributed by atoms with Gasteiger partial charge in [0.15, 0.2) is 6.61 Å². The highest BCUT2D eigenvalue weighted by Crippen LogP contribution is 2.38. The fraction of sp³-hybridized carbons (Fsp3) is 0.0588. The van der Waals surface area contributed by atoms with Crippen LogP contribution in [0.25, 0.3) is 6.08 Å². The van der Waals surface area contributed by atoms with Crippen molar-refractivity contribution in [2.45, 2.75) is 4.90 Å². The maximum absolute atomic E-state index is 12.1. The Kier molecular flexibility index (Phi) is 4.34. The second-order valence-electron chi connectivity index (χ2n) is 4.81. The highest BCUT2D eigenvalue weighted by atomic mass is 32.2. The van der Waals surface area contributed by atoms with Gasteiger partial charge in [0.1, 0.15) is 5.75 Å². The van der Waals surface area contributed by atoms with Crippen molar-refractivity contribution in [3.8, 4) is 5.75 Å². The Bertz CT molecular complexity index is 783. The van der Waals surface area contributed by atoms with Gasteiger partial charge < -0.3 is 15.2 Å². The van der Waals surface area contributed by atoms with Crippen LogP contribution >= 0.6 is 11.8 Å². The summed E-state index contributed by atoms with van der Waals surface area (Å²) in [4.78, 5) is 24.2. The summed E-state index contributed by atoms with van der Waals surface area (Å²) in [6, 6.07) is 14.5. The lowest BCUT2D eigenvalue weighted by atomic mass is 10.2. The Balaban J connectivity index is 1.76. The fourth-order valence-corrected chi connectivity index (χ4v) is 3.01. The van der Waals surface area contributed by atoms with Crippen LogP contribution in [0.2, 0.25) is 0 Å². The normalized spacial score (nSPS) is 15.0. The van der Waals surface area contributed by atoms with Crippen molar-refractivity contribution < 1.29 is 19.4 Å². The van der Waals surface area contributed by atoms with Crippen LogP contribution < -0.4 is 10.1 Å². The highest BCUT2D eigenvalue weighted by Gasteiger charge is 2.20. The first-order chi connectivity index (χ1) is 11.1. The minimum atomic E-state index is -1.02.